The summed E-state index contributed by atoms with van der Waals surface area (Å²) >= 11 is 0. The molecule has 0 aromatic rings. The summed E-state index contributed by atoms with van der Waals surface area (Å²) in [4.78, 5) is 13.3. The van der Waals surface area contributed by atoms with Gasteiger partial charge in [0.1, 0.15) is 6.54 Å². The van der Waals surface area contributed by atoms with Crippen molar-refractivity contribution in [3.05, 3.63) is 0 Å². The molecule has 19 heavy (non-hydrogen) atoms. The summed E-state index contributed by atoms with van der Waals surface area (Å²) in [7, 11) is 0. The van der Waals surface area contributed by atoms with Gasteiger partial charge in [-0.3, -0.25) is 4.79 Å². The lowest BCUT2D eigenvalue weighted by Crippen LogP contribution is -2.50. The van der Waals surface area contributed by atoms with Crippen LogP contribution in [-0.2, 0) is 4.79 Å². The minimum Gasteiger partial charge on any atom is -0.330 e. The molecule has 1 rings (SSSR count). The maximum Gasteiger partial charge on any atom is 0.406 e. The second kappa shape index (κ2) is 6.59. The zero-order valence-corrected chi connectivity index (χ0v) is 11.5. The Morgan fingerprint density at radius 3 is 2.26 bits per heavy atom. The van der Waals surface area contributed by atoms with Crippen LogP contribution in [0.2, 0.25) is 0 Å². The normalized spacial score (nSPS) is 23.9. The van der Waals surface area contributed by atoms with Crippen LogP contribution in [0.5, 0.6) is 0 Å². The fourth-order valence-corrected chi connectivity index (χ4v) is 2.82. The van der Waals surface area contributed by atoms with Crippen LogP contribution < -0.4 is 5.73 Å². The summed E-state index contributed by atoms with van der Waals surface area (Å²) in [5.74, 6) is -0.862. The first-order chi connectivity index (χ1) is 8.80. The summed E-state index contributed by atoms with van der Waals surface area (Å²) in [6.07, 6.45) is -1.16. The van der Waals surface area contributed by atoms with E-state index in [4.69, 9.17) is 5.73 Å². The first-order valence-electron chi connectivity index (χ1n) is 6.93. The van der Waals surface area contributed by atoms with Crippen LogP contribution in [0.25, 0.3) is 0 Å². The van der Waals surface area contributed by atoms with Crippen LogP contribution in [0.1, 0.15) is 46.0 Å². The summed E-state index contributed by atoms with van der Waals surface area (Å²) in [6, 6.07) is -0.653. The SMILES string of the molecule is CCC(CC)N(CC(F)(F)F)C(=O)C1CCCC1N. The van der Waals surface area contributed by atoms with Gasteiger partial charge < -0.3 is 10.6 Å². The van der Waals surface area contributed by atoms with E-state index in [2.05, 4.69) is 0 Å². The Morgan fingerprint density at radius 1 is 1.32 bits per heavy atom. The van der Waals surface area contributed by atoms with Gasteiger partial charge in [-0.2, -0.15) is 13.2 Å². The van der Waals surface area contributed by atoms with E-state index < -0.39 is 24.5 Å². The van der Waals surface area contributed by atoms with E-state index >= 15 is 0 Å². The molecule has 1 saturated carbocycles. The summed E-state index contributed by atoms with van der Waals surface area (Å²) in [5, 5.41) is 0. The maximum absolute atomic E-state index is 12.7. The number of rotatable bonds is 5. The van der Waals surface area contributed by atoms with Gasteiger partial charge in [-0.05, 0) is 25.7 Å². The molecule has 0 spiro atoms. The van der Waals surface area contributed by atoms with Crippen LogP contribution in [0.15, 0.2) is 0 Å². The quantitative estimate of drug-likeness (QED) is 0.841. The minimum atomic E-state index is -4.36. The Bertz CT molecular complexity index is 303. The van der Waals surface area contributed by atoms with Gasteiger partial charge in [0.15, 0.2) is 0 Å². The van der Waals surface area contributed by atoms with Crippen molar-refractivity contribution in [3.63, 3.8) is 0 Å². The molecule has 112 valence electrons. The molecule has 6 heteroatoms. The predicted octanol–water partition coefficient (Wildman–Crippen LogP) is 2.69. The van der Waals surface area contributed by atoms with E-state index in [1.807, 2.05) is 0 Å². The van der Waals surface area contributed by atoms with Gasteiger partial charge in [-0.25, -0.2) is 0 Å². The maximum atomic E-state index is 12.7. The predicted molar refractivity (Wildman–Crippen MR) is 67.5 cm³/mol. The standard InChI is InChI=1S/C13H23F3N2O/c1-3-9(4-2)18(8-13(14,15)16)12(19)10-6-5-7-11(10)17/h9-11H,3-8,17H2,1-2H3. The number of nitrogens with two attached hydrogens (primary N) is 1. The van der Waals surface area contributed by atoms with Crippen molar-refractivity contribution in [2.24, 2.45) is 11.7 Å². The molecule has 2 N–H and O–H groups in total. The van der Waals surface area contributed by atoms with E-state index in [0.29, 0.717) is 19.3 Å². The molecule has 1 fully saturated rings. The molecular formula is C13H23F3N2O. The molecule has 2 unspecified atom stereocenters. The topological polar surface area (TPSA) is 46.3 Å². The highest BCUT2D eigenvalue weighted by molar-refractivity contribution is 5.80. The third-order valence-electron chi connectivity index (χ3n) is 3.90. The molecular weight excluding hydrogens is 257 g/mol. The Balaban J connectivity index is 2.85. The molecule has 0 radical (unpaired) electrons. The zero-order chi connectivity index (χ0) is 14.6. The summed E-state index contributed by atoms with van der Waals surface area (Å²) in [5.41, 5.74) is 5.84. The molecule has 0 aromatic carbocycles. The van der Waals surface area contributed by atoms with E-state index in [1.54, 1.807) is 13.8 Å². The number of carbonyl (C=O) groups is 1. The minimum absolute atomic E-state index is 0.294. The first-order valence-corrected chi connectivity index (χ1v) is 6.93. The van der Waals surface area contributed by atoms with E-state index in [-0.39, 0.29) is 12.1 Å². The fourth-order valence-electron chi connectivity index (χ4n) is 2.82. The van der Waals surface area contributed by atoms with Crippen molar-refractivity contribution in [1.29, 1.82) is 0 Å². The van der Waals surface area contributed by atoms with Gasteiger partial charge in [-0.1, -0.05) is 20.3 Å². The number of carbonyl (C=O) groups excluding carboxylic acids is 1. The zero-order valence-electron chi connectivity index (χ0n) is 11.5. The van der Waals surface area contributed by atoms with Gasteiger partial charge in [0, 0.05) is 12.1 Å². The molecule has 0 saturated heterocycles. The van der Waals surface area contributed by atoms with Crippen LogP contribution in [0.4, 0.5) is 13.2 Å². The van der Waals surface area contributed by atoms with Crippen LogP contribution >= 0.6 is 0 Å². The van der Waals surface area contributed by atoms with Crippen molar-refractivity contribution >= 4 is 5.91 Å². The van der Waals surface area contributed by atoms with Crippen LogP contribution in [0, 0.1) is 5.92 Å². The smallest absolute Gasteiger partial charge is 0.330 e. The highest BCUT2D eigenvalue weighted by atomic mass is 19.4. The molecule has 0 aromatic heterocycles. The summed E-state index contributed by atoms with van der Waals surface area (Å²) in [6.45, 7) is 2.44. The number of halogens is 3. The van der Waals surface area contributed by atoms with Crippen molar-refractivity contribution < 1.29 is 18.0 Å². The largest absolute Gasteiger partial charge is 0.406 e. The van der Waals surface area contributed by atoms with Crippen LogP contribution in [-0.4, -0.2) is 35.6 Å². The van der Waals surface area contributed by atoms with Crippen molar-refractivity contribution in [2.75, 3.05) is 6.54 Å². The first kappa shape index (κ1) is 16.3. The van der Waals surface area contributed by atoms with Crippen molar-refractivity contribution in [1.82, 2.24) is 4.90 Å². The molecule has 0 aliphatic heterocycles. The number of alkyl halides is 3. The highest BCUT2D eigenvalue weighted by Crippen LogP contribution is 2.29. The Kier molecular flexibility index (Phi) is 5.64. The van der Waals surface area contributed by atoms with E-state index in [9.17, 15) is 18.0 Å². The fraction of sp³-hybridized carbons (Fsp3) is 0.923. The lowest BCUT2D eigenvalue weighted by Gasteiger charge is -2.34. The van der Waals surface area contributed by atoms with E-state index in [0.717, 1.165) is 17.7 Å². The molecule has 0 bridgehead atoms. The Morgan fingerprint density at radius 2 is 1.89 bits per heavy atom. The third kappa shape index (κ3) is 4.37. The molecule has 0 heterocycles. The van der Waals surface area contributed by atoms with E-state index in [1.165, 1.54) is 0 Å². The lowest BCUT2D eigenvalue weighted by molar-refractivity contribution is -0.168. The van der Waals surface area contributed by atoms with Gasteiger partial charge in [-0.15, -0.1) is 0 Å². The second-order valence-electron chi connectivity index (χ2n) is 5.25. The van der Waals surface area contributed by atoms with Gasteiger partial charge >= 0.3 is 6.18 Å². The Labute approximate surface area is 112 Å². The lowest BCUT2D eigenvalue weighted by atomic mass is 10.00. The average molecular weight is 280 g/mol. The molecule has 1 amide bonds. The number of nitrogens with zero attached hydrogens (tertiary/aromatic N) is 1. The monoisotopic (exact) mass is 280 g/mol. The molecule has 1 aliphatic carbocycles. The van der Waals surface area contributed by atoms with Gasteiger partial charge in [0.25, 0.3) is 0 Å². The molecule has 2 atom stereocenters. The third-order valence-corrected chi connectivity index (χ3v) is 3.90. The van der Waals surface area contributed by atoms with Crippen molar-refractivity contribution in [3.8, 4) is 0 Å². The second-order valence-corrected chi connectivity index (χ2v) is 5.25. The number of amides is 1. The molecule has 3 nitrogen and oxygen atoms in total. The number of hydrogen-bond acceptors (Lipinski definition) is 2. The van der Waals surface area contributed by atoms with Crippen molar-refractivity contribution in [2.45, 2.75) is 64.2 Å². The summed E-state index contributed by atoms with van der Waals surface area (Å²) < 4.78 is 38.0. The molecule has 1 aliphatic rings. The average Bonchev–Trinajstić information content (AvgIpc) is 2.73. The Hall–Kier alpha value is -0.780. The van der Waals surface area contributed by atoms with Crippen LogP contribution in [0.3, 0.4) is 0 Å². The number of hydrogen-bond donors (Lipinski definition) is 1. The van der Waals surface area contributed by atoms with Gasteiger partial charge in [0.2, 0.25) is 5.91 Å². The highest BCUT2D eigenvalue weighted by Gasteiger charge is 2.40. The van der Waals surface area contributed by atoms with Gasteiger partial charge in [0.05, 0.1) is 5.92 Å².